The molecule has 0 saturated heterocycles. The zero-order valence-electron chi connectivity index (χ0n) is 29.6. The van der Waals surface area contributed by atoms with E-state index in [9.17, 15) is 4.79 Å². The second-order valence-electron chi connectivity index (χ2n) is 13.4. The fraction of sp³-hybridized carbons (Fsp3) is 0.273. The number of methoxy groups -OCH3 is 1. The van der Waals surface area contributed by atoms with Crippen LogP contribution in [0.2, 0.25) is 0 Å². The molecule has 1 N–H and O–H groups in total. The number of carbonyl (C=O) groups is 2. The molecule has 1 heterocycles. The predicted octanol–water partition coefficient (Wildman–Crippen LogP) is 8.39. The van der Waals surface area contributed by atoms with Crippen LogP contribution in [-0.2, 0) is 35.5 Å². The van der Waals surface area contributed by atoms with E-state index in [1.165, 1.54) is 11.1 Å². The Morgan fingerprint density at radius 3 is 2.10 bits per heavy atom. The van der Waals surface area contributed by atoms with Gasteiger partial charge in [0, 0.05) is 25.3 Å². The van der Waals surface area contributed by atoms with Crippen LogP contribution in [0, 0.1) is 20.8 Å². The number of anilines is 1. The molecule has 256 valence electrons. The smallest absolute Gasteiger partial charge is 0.247 e. The van der Waals surface area contributed by atoms with Crippen molar-refractivity contribution in [2.75, 3.05) is 19.0 Å². The minimum absolute atomic E-state index is 0.0927. The normalized spacial score (nSPS) is 13.9. The van der Waals surface area contributed by atoms with Gasteiger partial charge in [-0.3, -0.25) is 14.5 Å². The Morgan fingerprint density at radius 2 is 1.42 bits per heavy atom. The first-order valence-electron chi connectivity index (χ1n) is 17.5. The highest BCUT2D eigenvalue weighted by Crippen LogP contribution is 2.33. The van der Waals surface area contributed by atoms with Crippen molar-refractivity contribution in [3.05, 3.63) is 166 Å². The van der Waals surface area contributed by atoms with E-state index >= 15 is 4.79 Å². The number of hydrogen-bond donors (Lipinski definition) is 1. The summed E-state index contributed by atoms with van der Waals surface area (Å²) in [6.45, 7) is 7.73. The number of amides is 2. The van der Waals surface area contributed by atoms with Gasteiger partial charge >= 0.3 is 0 Å². The number of ether oxygens (including phenoxy) is 1. The first kappa shape index (κ1) is 34.7. The molecule has 0 aromatic heterocycles. The molecule has 6 rings (SSSR count). The molecule has 0 fully saturated rings. The van der Waals surface area contributed by atoms with Gasteiger partial charge in [0.1, 0.15) is 17.8 Å². The molecule has 0 spiro atoms. The van der Waals surface area contributed by atoms with Crippen LogP contribution >= 0.6 is 0 Å². The Bertz CT molecular complexity index is 1880. The van der Waals surface area contributed by atoms with Crippen molar-refractivity contribution in [2.45, 2.75) is 65.2 Å². The maximum absolute atomic E-state index is 15.5. The third-order valence-corrected chi connectivity index (χ3v) is 9.90. The van der Waals surface area contributed by atoms with E-state index in [2.05, 4.69) is 77.8 Å². The van der Waals surface area contributed by atoms with Gasteiger partial charge in [0.25, 0.3) is 0 Å². The predicted molar refractivity (Wildman–Crippen MR) is 201 cm³/mol. The summed E-state index contributed by atoms with van der Waals surface area (Å²) in [7, 11) is 1.65. The third kappa shape index (κ3) is 8.15. The fourth-order valence-electron chi connectivity index (χ4n) is 7.02. The highest BCUT2D eigenvalue weighted by Gasteiger charge is 2.38. The zero-order chi connectivity index (χ0) is 35.0. The van der Waals surface area contributed by atoms with Gasteiger partial charge < -0.3 is 15.0 Å². The van der Waals surface area contributed by atoms with Crippen LogP contribution in [0.5, 0.6) is 5.75 Å². The second kappa shape index (κ2) is 16.0. The Labute approximate surface area is 296 Å². The van der Waals surface area contributed by atoms with Crippen LogP contribution in [0.25, 0.3) is 0 Å². The van der Waals surface area contributed by atoms with Gasteiger partial charge in [0.2, 0.25) is 11.8 Å². The van der Waals surface area contributed by atoms with Crippen molar-refractivity contribution in [1.82, 2.24) is 9.80 Å². The molecule has 5 aromatic rings. The quantitative estimate of drug-likeness (QED) is 0.145. The second-order valence-corrected chi connectivity index (χ2v) is 13.4. The molecule has 0 aliphatic carbocycles. The van der Waals surface area contributed by atoms with Gasteiger partial charge in [-0.2, -0.15) is 0 Å². The van der Waals surface area contributed by atoms with Gasteiger partial charge in [-0.05, 0) is 91.1 Å². The van der Waals surface area contributed by atoms with E-state index < -0.39 is 12.1 Å². The Hall–Kier alpha value is -5.20. The number of fused-ring (bicyclic) bond motifs is 1. The lowest BCUT2D eigenvalue weighted by molar-refractivity contribution is -0.145. The summed E-state index contributed by atoms with van der Waals surface area (Å²) in [6.07, 6.45) is 1.96. The Kier molecular flexibility index (Phi) is 11.1. The summed E-state index contributed by atoms with van der Waals surface area (Å²) in [4.78, 5) is 34.3. The largest absolute Gasteiger partial charge is 0.497 e. The summed E-state index contributed by atoms with van der Waals surface area (Å²) in [5, 5.41) is 3.27. The van der Waals surface area contributed by atoms with Gasteiger partial charge in [-0.25, -0.2) is 0 Å². The van der Waals surface area contributed by atoms with Crippen molar-refractivity contribution in [3.8, 4) is 5.75 Å². The molecule has 0 bridgehead atoms. The van der Waals surface area contributed by atoms with Crippen molar-refractivity contribution < 1.29 is 14.3 Å². The van der Waals surface area contributed by atoms with Crippen LogP contribution in [0.4, 0.5) is 5.69 Å². The summed E-state index contributed by atoms with van der Waals surface area (Å²) in [5.74, 6) is 0.454. The van der Waals surface area contributed by atoms with Crippen molar-refractivity contribution in [2.24, 2.45) is 0 Å². The van der Waals surface area contributed by atoms with E-state index in [4.69, 9.17) is 4.74 Å². The molecule has 5 aromatic carbocycles. The van der Waals surface area contributed by atoms with Crippen molar-refractivity contribution >= 4 is 17.5 Å². The monoisotopic (exact) mass is 665 g/mol. The number of nitrogens with zero attached hydrogens (tertiary/aromatic N) is 2. The van der Waals surface area contributed by atoms with Crippen LogP contribution in [0.3, 0.4) is 0 Å². The molecular weight excluding hydrogens is 619 g/mol. The van der Waals surface area contributed by atoms with Gasteiger partial charge in [-0.1, -0.05) is 115 Å². The van der Waals surface area contributed by atoms with Crippen LogP contribution in [0.1, 0.15) is 57.0 Å². The average molecular weight is 666 g/mol. The highest BCUT2D eigenvalue weighted by atomic mass is 16.5. The van der Waals surface area contributed by atoms with Crippen LogP contribution in [-0.4, -0.2) is 41.3 Å². The molecule has 6 nitrogen and oxygen atoms in total. The number of nitrogens with one attached hydrogen (secondary N) is 1. The number of benzene rings is 5. The molecule has 1 aliphatic rings. The first-order valence-corrected chi connectivity index (χ1v) is 17.5. The Morgan fingerprint density at radius 1 is 0.760 bits per heavy atom. The molecule has 50 heavy (non-hydrogen) atoms. The van der Waals surface area contributed by atoms with Gasteiger partial charge in [0.05, 0.1) is 7.11 Å². The molecule has 0 saturated carbocycles. The van der Waals surface area contributed by atoms with Crippen LogP contribution < -0.4 is 10.1 Å². The average Bonchev–Trinajstić information content (AvgIpc) is 3.14. The summed E-state index contributed by atoms with van der Waals surface area (Å²) in [6, 6.07) is 39.4. The van der Waals surface area contributed by atoms with E-state index in [1.807, 2.05) is 79.4 Å². The van der Waals surface area contributed by atoms with Crippen molar-refractivity contribution in [3.63, 3.8) is 0 Å². The van der Waals surface area contributed by atoms with E-state index in [-0.39, 0.29) is 11.8 Å². The number of carbonyl (C=O) groups excluding carboxylic acids is 2. The molecule has 1 aliphatic heterocycles. The summed E-state index contributed by atoms with van der Waals surface area (Å²) < 4.78 is 5.50. The van der Waals surface area contributed by atoms with E-state index in [0.717, 1.165) is 57.8 Å². The standard InChI is InChI=1S/C44H47N3O3/c1-31-17-19-35(20-18-31)29-47(40(26-21-34-13-6-5-7-14-34)43(48)45-41-32(2)11-10-12-33(41)3)44(49)42(37-22-24-39(50-4)25-23-37)46-28-27-36-15-8-9-16-38(36)30-46/h5-20,22-25,40,42H,21,26-30H2,1-4H3,(H,45,48). The SMILES string of the molecule is COc1ccc(C(C(=O)N(Cc2ccc(C)cc2)C(CCc2ccccc2)C(=O)Nc2c(C)cccc2C)N2CCc3ccccc3C2)cc1. The number of para-hydroxylation sites is 1. The third-order valence-electron chi connectivity index (χ3n) is 9.90. The summed E-state index contributed by atoms with van der Waals surface area (Å²) in [5.41, 5.74) is 9.43. The molecule has 2 amide bonds. The zero-order valence-corrected chi connectivity index (χ0v) is 29.6. The van der Waals surface area contributed by atoms with E-state index in [0.29, 0.717) is 25.9 Å². The maximum Gasteiger partial charge on any atom is 0.247 e. The number of aryl methyl sites for hydroxylation is 4. The number of hydrogen-bond acceptors (Lipinski definition) is 4. The molecule has 0 radical (unpaired) electrons. The topological polar surface area (TPSA) is 61.9 Å². The summed E-state index contributed by atoms with van der Waals surface area (Å²) >= 11 is 0. The number of rotatable bonds is 12. The van der Waals surface area contributed by atoms with Gasteiger partial charge in [0.15, 0.2) is 0 Å². The lowest BCUT2D eigenvalue weighted by atomic mass is 9.94. The Balaban J connectivity index is 1.44. The minimum Gasteiger partial charge on any atom is -0.497 e. The first-order chi connectivity index (χ1) is 24.3. The van der Waals surface area contributed by atoms with Crippen LogP contribution in [0.15, 0.2) is 121 Å². The van der Waals surface area contributed by atoms with Crippen molar-refractivity contribution in [1.29, 1.82) is 0 Å². The molecule has 2 atom stereocenters. The lowest BCUT2D eigenvalue weighted by Gasteiger charge is -2.40. The molecule has 2 unspecified atom stereocenters. The van der Waals surface area contributed by atoms with E-state index in [1.54, 1.807) is 7.11 Å². The lowest BCUT2D eigenvalue weighted by Crippen LogP contribution is -2.52. The maximum atomic E-state index is 15.5. The van der Waals surface area contributed by atoms with Gasteiger partial charge in [-0.15, -0.1) is 0 Å². The minimum atomic E-state index is -0.735. The fourth-order valence-corrected chi connectivity index (χ4v) is 7.02. The highest BCUT2D eigenvalue weighted by molar-refractivity contribution is 5.99. The molecular formula is C44H47N3O3. The molecule has 6 heteroatoms.